The summed E-state index contributed by atoms with van der Waals surface area (Å²) in [4.78, 5) is 2.32. The molecule has 1 heterocycles. The maximum absolute atomic E-state index is 5.70. The monoisotopic (exact) mass is 224 g/mol. The van der Waals surface area contributed by atoms with Gasteiger partial charge in [0.25, 0.3) is 0 Å². The zero-order valence-electron chi connectivity index (χ0n) is 10.9. The van der Waals surface area contributed by atoms with Crippen LogP contribution in [0.25, 0.3) is 0 Å². The summed E-state index contributed by atoms with van der Waals surface area (Å²) >= 11 is 0. The van der Waals surface area contributed by atoms with E-state index in [1.54, 1.807) is 0 Å². The van der Waals surface area contributed by atoms with E-state index in [9.17, 15) is 0 Å². The summed E-state index contributed by atoms with van der Waals surface area (Å²) in [6.07, 6.45) is 2.44. The van der Waals surface area contributed by atoms with Gasteiger partial charge in [0.1, 0.15) is 11.5 Å². The van der Waals surface area contributed by atoms with Crippen LogP contribution in [0.1, 0.15) is 43.8 Å². The van der Waals surface area contributed by atoms with Crippen LogP contribution in [0.5, 0.6) is 0 Å². The first-order valence-corrected chi connectivity index (χ1v) is 6.07. The molecule has 0 aliphatic heterocycles. The summed E-state index contributed by atoms with van der Waals surface area (Å²) in [5, 5.41) is 0. The molecular weight excluding hydrogens is 200 g/mol. The Morgan fingerprint density at radius 1 is 1.50 bits per heavy atom. The lowest BCUT2D eigenvalue weighted by atomic mass is 10.1. The Hall–Kier alpha value is -0.800. The smallest absolute Gasteiger partial charge is 0.120 e. The van der Waals surface area contributed by atoms with Crippen LogP contribution in [0.2, 0.25) is 0 Å². The second-order valence-corrected chi connectivity index (χ2v) is 4.58. The molecule has 0 aliphatic carbocycles. The zero-order valence-corrected chi connectivity index (χ0v) is 10.9. The van der Waals surface area contributed by atoms with Crippen LogP contribution in [-0.4, -0.2) is 18.0 Å². The average molecular weight is 224 g/mol. The van der Waals surface area contributed by atoms with E-state index >= 15 is 0 Å². The van der Waals surface area contributed by atoms with Gasteiger partial charge in [-0.3, -0.25) is 4.90 Å². The predicted octanol–water partition coefficient (Wildman–Crippen LogP) is 2.67. The Kier molecular flexibility index (Phi) is 5.03. The first-order chi connectivity index (χ1) is 7.58. The minimum Gasteiger partial charge on any atom is -0.463 e. The van der Waals surface area contributed by atoms with Crippen molar-refractivity contribution in [2.45, 2.75) is 52.7 Å². The molecule has 0 aliphatic rings. The molecule has 3 nitrogen and oxygen atoms in total. The van der Waals surface area contributed by atoms with E-state index < -0.39 is 0 Å². The van der Waals surface area contributed by atoms with Gasteiger partial charge in [-0.2, -0.15) is 0 Å². The molecular formula is C13H24N2O. The quantitative estimate of drug-likeness (QED) is 0.807. The molecule has 1 aromatic heterocycles. The summed E-state index contributed by atoms with van der Waals surface area (Å²) in [5.41, 5.74) is 6.76. The van der Waals surface area contributed by atoms with Crippen LogP contribution in [0.3, 0.4) is 0 Å². The predicted molar refractivity (Wildman–Crippen MR) is 67.2 cm³/mol. The Bertz CT molecular complexity index is 320. The second kappa shape index (κ2) is 6.06. The van der Waals surface area contributed by atoms with Gasteiger partial charge in [-0.25, -0.2) is 0 Å². The van der Waals surface area contributed by atoms with E-state index in [0.29, 0.717) is 12.6 Å². The number of nitrogens with zero attached hydrogens (tertiary/aromatic N) is 1. The fourth-order valence-corrected chi connectivity index (χ4v) is 1.91. The number of aryl methyl sites for hydroxylation is 1. The molecule has 92 valence electrons. The minimum atomic E-state index is 0.486. The summed E-state index contributed by atoms with van der Waals surface area (Å²) in [6, 6.07) is 2.69. The lowest BCUT2D eigenvalue weighted by Crippen LogP contribution is -2.28. The Morgan fingerprint density at radius 3 is 2.69 bits per heavy atom. The third-order valence-corrected chi connectivity index (χ3v) is 3.12. The van der Waals surface area contributed by atoms with Crippen LogP contribution >= 0.6 is 0 Å². The summed E-state index contributed by atoms with van der Waals surface area (Å²) in [7, 11) is 2.14. The van der Waals surface area contributed by atoms with Crippen LogP contribution in [-0.2, 0) is 13.1 Å². The number of furan rings is 1. The van der Waals surface area contributed by atoms with Gasteiger partial charge in [0.15, 0.2) is 0 Å². The maximum atomic E-state index is 5.70. The molecule has 1 atom stereocenters. The molecule has 16 heavy (non-hydrogen) atoms. The summed E-state index contributed by atoms with van der Waals surface area (Å²) in [5.74, 6) is 1.93. The van der Waals surface area contributed by atoms with E-state index in [4.69, 9.17) is 10.2 Å². The maximum Gasteiger partial charge on any atom is 0.120 e. The van der Waals surface area contributed by atoms with Gasteiger partial charge in [-0.1, -0.05) is 13.3 Å². The third-order valence-electron chi connectivity index (χ3n) is 3.12. The Labute approximate surface area is 98.6 Å². The van der Waals surface area contributed by atoms with Crippen molar-refractivity contribution in [1.82, 2.24) is 4.90 Å². The van der Waals surface area contributed by atoms with E-state index in [1.807, 2.05) is 6.92 Å². The minimum absolute atomic E-state index is 0.486. The molecule has 0 aromatic carbocycles. The molecule has 0 amide bonds. The van der Waals surface area contributed by atoms with Gasteiger partial charge in [0.05, 0.1) is 13.1 Å². The van der Waals surface area contributed by atoms with Crippen LogP contribution < -0.4 is 5.73 Å². The second-order valence-electron chi connectivity index (χ2n) is 4.58. The third kappa shape index (κ3) is 3.35. The SMILES string of the molecule is CCCC(C)N(C)Cc1cc(C)c(CN)o1. The van der Waals surface area contributed by atoms with Crippen LogP contribution in [0, 0.1) is 6.92 Å². The van der Waals surface area contributed by atoms with Crippen molar-refractivity contribution in [1.29, 1.82) is 0 Å². The van der Waals surface area contributed by atoms with Gasteiger partial charge in [0, 0.05) is 6.04 Å². The first-order valence-electron chi connectivity index (χ1n) is 6.07. The summed E-state index contributed by atoms with van der Waals surface area (Å²) in [6.45, 7) is 7.86. The fraction of sp³-hybridized carbons (Fsp3) is 0.692. The summed E-state index contributed by atoms with van der Waals surface area (Å²) < 4.78 is 5.70. The molecule has 1 aromatic rings. The van der Waals surface area contributed by atoms with Crippen molar-refractivity contribution in [2.24, 2.45) is 5.73 Å². The Morgan fingerprint density at radius 2 is 2.19 bits per heavy atom. The molecule has 0 radical (unpaired) electrons. The van der Waals surface area contributed by atoms with Gasteiger partial charge in [0.2, 0.25) is 0 Å². The van der Waals surface area contributed by atoms with Crippen molar-refractivity contribution in [3.8, 4) is 0 Å². The largest absolute Gasteiger partial charge is 0.463 e. The standard InChI is InChI=1S/C13H24N2O/c1-5-6-11(3)15(4)9-12-7-10(2)13(8-14)16-12/h7,11H,5-6,8-9,14H2,1-4H3. The molecule has 3 heteroatoms. The molecule has 0 fully saturated rings. The molecule has 0 saturated carbocycles. The molecule has 0 saturated heterocycles. The van der Waals surface area contributed by atoms with Crippen molar-refractivity contribution in [3.05, 3.63) is 23.2 Å². The molecule has 0 spiro atoms. The molecule has 0 bridgehead atoms. The number of hydrogen-bond donors (Lipinski definition) is 1. The molecule has 2 N–H and O–H groups in total. The van der Waals surface area contributed by atoms with E-state index in [-0.39, 0.29) is 0 Å². The van der Waals surface area contributed by atoms with Gasteiger partial charge >= 0.3 is 0 Å². The highest BCUT2D eigenvalue weighted by atomic mass is 16.3. The number of nitrogens with two attached hydrogens (primary N) is 1. The zero-order chi connectivity index (χ0) is 12.1. The highest BCUT2D eigenvalue weighted by Gasteiger charge is 2.12. The number of hydrogen-bond acceptors (Lipinski definition) is 3. The molecule has 1 unspecified atom stereocenters. The van der Waals surface area contributed by atoms with Crippen LogP contribution in [0.4, 0.5) is 0 Å². The fourth-order valence-electron chi connectivity index (χ4n) is 1.91. The Balaban J connectivity index is 2.58. The normalized spacial score (nSPS) is 13.4. The molecule has 1 rings (SSSR count). The van der Waals surface area contributed by atoms with Crippen LogP contribution in [0.15, 0.2) is 10.5 Å². The first kappa shape index (κ1) is 13.3. The lowest BCUT2D eigenvalue weighted by molar-refractivity contribution is 0.217. The van der Waals surface area contributed by atoms with E-state index in [0.717, 1.165) is 23.6 Å². The topological polar surface area (TPSA) is 42.4 Å². The van der Waals surface area contributed by atoms with Crippen molar-refractivity contribution in [3.63, 3.8) is 0 Å². The van der Waals surface area contributed by atoms with Crippen molar-refractivity contribution in [2.75, 3.05) is 7.05 Å². The van der Waals surface area contributed by atoms with Crippen molar-refractivity contribution < 1.29 is 4.42 Å². The van der Waals surface area contributed by atoms with Gasteiger partial charge in [-0.05, 0) is 38.9 Å². The van der Waals surface area contributed by atoms with E-state index in [2.05, 4.69) is 31.9 Å². The van der Waals surface area contributed by atoms with Crippen molar-refractivity contribution >= 4 is 0 Å². The van der Waals surface area contributed by atoms with Gasteiger partial charge in [-0.15, -0.1) is 0 Å². The van der Waals surface area contributed by atoms with E-state index in [1.165, 1.54) is 12.8 Å². The average Bonchev–Trinajstić information content (AvgIpc) is 2.59. The number of rotatable bonds is 6. The highest BCUT2D eigenvalue weighted by molar-refractivity contribution is 5.19. The lowest BCUT2D eigenvalue weighted by Gasteiger charge is -2.23. The highest BCUT2D eigenvalue weighted by Crippen LogP contribution is 2.17. The van der Waals surface area contributed by atoms with Gasteiger partial charge < -0.3 is 10.2 Å².